The van der Waals surface area contributed by atoms with Gasteiger partial charge in [0.2, 0.25) is 0 Å². The first kappa shape index (κ1) is 14.4. The molecule has 0 amide bonds. The third-order valence-electron chi connectivity index (χ3n) is 2.30. The minimum atomic E-state index is -0.568. The number of aromatic hydroxyl groups is 1. The summed E-state index contributed by atoms with van der Waals surface area (Å²) in [6, 6.07) is 3.61. The van der Waals surface area contributed by atoms with E-state index in [1.165, 1.54) is 12.1 Å². The van der Waals surface area contributed by atoms with E-state index in [4.69, 9.17) is 16.3 Å². The molecule has 0 unspecified atom stereocenters. The fourth-order valence-corrected chi connectivity index (χ4v) is 2.11. The summed E-state index contributed by atoms with van der Waals surface area (Å²) < 4.78 is 19.0. The Bertz CT molecular complexity index is 605. The van der Waals surface area contributed by atoms with Gasteiger partial charge in [-0.15, -0.1) is 0 Å². The Morgan fingerprint density at radius 3 is 2.74 bits per heavy atom. The number of nitrogens with zero attached hydrogens (tertiary/aromatic N) is 2. The molecule has 2 aromatic rings. The highest BCUT2D eigenvalue weighted by atomic mass is 127. The second-order valence-electron chi connectivity index (χ2n) is 3.73. The van der Waals surface area contributed by atoms with Crippen LogP contribution in [-0.4, -0.2) is 22.2 Å². The Balaban J connectivity index is 2.55. The van der Waals surface area contributed by atoms with Crippen LogP contribution in [0.1, 0.15) is 5.69 Å². The van der Waals surface area contributed by atoms with Crippen LogP contribution in [0.15, 0.2) is 18.2 Å². The Labute approximate surface area is 127 Å². The van der Waals surface area contributed by atoms with Crippen LogP contribution in [0, 0.1) is 9.39 Å². The van der Waals surface area contributed by atoms with Crippen molar-refractivity contribution < 1.29 is 14.2 Å². The first-order chi connectivity index (χ1) is 9.01. The maximum atomic E-state index is 13.3. The van der Waals surface area contributed by atoms with Crippen LogP contribution in [0.25, 0.3) is 11.4 Å². The molecular formula is C12H9ClFIN2O2. The molecule has 0 saturated heterocycles. The predicted molar refractivity (Wildman–Crippen MR) is 77.5 cm³/mol. The number of methoxy groups -OCH3 is 1. The lowest BCUT2D eigenvalue weighted by atomic mass is 10.2. The van der Waals surface area contributed by atoms with Crippen LogP contribution in [0.4, 0.5) is 4.39 Å². The fraction of sp³-hybridized carbons (Fsp3) is 0.167. The van der Waals surface area contributed by atoms with Gasteiger partial charge in [-0.1, -0.05) is 11.6 Å². The standard InChI is InChI=1S/C12H9ClFIN2O2/c1-19-5-9-10(15)11(13)17-12(16-9)6-2-7(14)4-8(18)3-6/h2-4,18H,5H2,1H3. The summed E-state index contributed by atoms with van der Waals surface area (Å²) in [6.07, 6.45) is 0. The lowest BCUT2D eigenvalue weighted by Gasteiger charge is -2.08. The van der Waals surface area contributed by atoms with E-state index in [1.807, 2.05) is 22.6 Å². The predicted octanol–water partition coefficient (Wildman–Crippen LogP) is 3.39. The zero-order valence-electron chi connectivity index (χ0n) is 9.82. The Kier molecular flexibility index (Phi) is 4.54. The van der Waals surface area contributed by atoms with Crippen molar-refractivity contribution in [2.45, 2.75) is 6.61 Å². The first-order valence-corrected chi connectivity index (χ1v) is 6.67. The van der Waals surface area contributed by atoms with Crippen LogP contribution in [0.5, 0.6) is 5.75 Å². The summed E-state index contributed by atoms with van der Waals surface area (Å²) in [7, 11) is 1.54. The van der Waals surface area contributed by atoms with Gasteiger partial charge in [-0.2, -0.15) is 0 Å². The molecule has 0 fully saturated rings. The van der Waals surface area contributed by atoms with Gasteiger partial charge in [0, 0.05) is 18.7 Å². The van der Waals surface area contributed by atoms with Gasteiger partial charge in [0.05, 0.1) is 15.9 Å². The number of ether oxygens (including phenoxy) is 1. The van der Waals surface area contributed by atoms with Crippen molar-refractivity contribution in [3.8, 4) is 17.1 Å². The zero-order chi connectivity index (χ0) is 14.0. The third kappa shape index (κ3) is 3.31. The minimum Gasteiger partial charge on any atom is -0.508 e. The summed E-state index contributed by atoms with van der Waals surface area (Å²) in [5, 5.41) is 9.66. The minimum absolute atomic E-state index is 0.193. The van der Waals surface area contributed by atoms with Crippen molar-refractivity contribution in [2.75, 3.05) is 7.11 Å². The average molecular weight is 395 g/mol. The molecule has 1 aromatic carbocycles. The molecule has 0 radical (unpaired) electrons. The number of phenols is 1. The molecule has 0 spiro atoms. The van der Waals surface area contributed by atoms with E-state index in [-0.39, 0.29) is 23.3 Å². The lowest BCUT2D eigenvalue weighted by molar-refractivity contribution is 0.181. The van der Waals surface area contributed by atoms with Gasteiger partial charge in [0.1, 0.15) is 16.7 Å². The second-order valence-corrected chi connectivity index (χ2v) is 5.17. The molecule has 0 bridgehead atoms. The molecule has 0 atom stereocenters. The van der Waals surface area contributed by atoms with E-state index in [9.17, 15) is 9.50 Å². The van der Waals surface area contributed by atoms with Crippen molar-refractivity contribution in [1.29, 1.82) is 0 Å². The molecule has 2 rings (SSSR count). The monoisotopic (exact) mass is 394 g/mol. The molecule has 1 aromatic heterocycles. The van der Waals surface area contributed by atoms with Gasteiger partial charge in [0.15, 0.2) is 5.82 Å². The van der Waals surface area contributed by atoms with Crippen LogP contribution >= 0.6 is 34.2 Å². The van der Waals surface area contributed by atoms with E-state index in [1.54, 1.807) is 7.11 Å². The summed E-state index contributed by atoms with van der Waals surface area (Å²) in [5.74, 6) is -0.518. The molecule has 0 aliphatic carbocycles. The van der Waals surface area contributed by atoms with E-state index in [0.717, 1.165) is 6.07 Å². The number of hydrogen-bond donors (Lipinski definition) is 1. The number of benzene rings is 1. The average Bonchev–Trinajstić information content (AvgIpc) is 2.33. The third-order valence-corrected chi connectivity index (χ3v) is 4.03. The second kappa shape index (κ2) is 5.98. The Hall–Kier alpha value is -0.990. The van der Waals surface area contributed by atoms with E-state index in [2.05, 4.69) is 9.97 Å². The largest absolute Gasteiger partial charge is 0.508 e. The Morgan fingerprint density at radius 2 is 2.11 bits per heavy atom. The quantitative estimate of drug-likeness (QED) is 0.640. The van der Waals surface area contributed by atoms with Crippen molar-refractivity contribution in [2.24, 2.45) is 0 Å². The maximum Gasteiger partial charge on any atom is 0.161 e. The number of rotatable bonds is 3. The zero-order valence-corrected chi connectivity index (χ0v) is 12.7. The normalized spacial score (nSPS) is 10.7. The van der Waals surface area contributed by atoms with Gasteiger partial charge < -0.3 is 9.84 Å². The summed E-state index contributed by atoms with van der Waals surface area (Å²) in [4.78, 5) is 8.35. The number of halogens is 3. The molecular weight excluding hydrogens is 385 g/mol. The summed E-state index contributed by atoms with van der Waals surface area (Å²) in [6.45, 7) is 0.273. The molecule has 4 nitrogen and oxygen atoms in total. The Morgan fingerprint density at radius 1 is 1.37 bits per heavy atom. The lowest BCUT2D eigenvalue weighted by Crippen LogP contribution is -2.02. The highest BCUT2D eigenvalue weighted by Crippen LogP contribution is 2.27. The molecule has 0 aliphatic heterocycles. The van der Waals surface area contributed by atoms with Crippen LogP contribution in [0.2, 0.25) is 5.15 Å². The summed E-state index contributed by atoms with van der Waals surface area (Å²) >= 11 is 8.03. The SMILES string of the molecule is COCc1nc(-c2cc(O)cc(F)c2)nc(Cl)c1I. The van der Waals surface area contributed by atoms with Gasteiger partial charge in [-0.25, -0.2) is 14.4 Å². The molecule has 0 aliphatic rings. The maximum absolute atomic E-state index is 13.3. The van der Waals surface area contributed by atoms with E-state index >= 15 is 0 Å². The molecule has 19 heavy (non-hydrogen) atoms. The highest BCUT2D eigenvalue weighted by molar-refractivity contribution is 14.1. The van der Waals surface area contributed by atoms with E-state index in [0.29, 0.717) is 14.8 Å². The van der Waals surface area contributed by atoms with Crippen LogP contribution in [-0.2, 0) is 11.3 Å². The van der Waals surface area contributed by atoms with Crippen molar-refractivity contribution in [1.82, 2.24) is 9.97 Å². The molecule has 7 heteroatoms. The van der Waals surface area contributed by atoms with Gasteiger partial charge in [0.25, 0.3) is 0 Å². The van der Waals surface area contributed by atoms with E-state index < -0.39 is 5.82 Å². The number of phenolic OH excluding ortho intramolecular Hbond substituents is 1. The summed E-state index contributed by atoms with van der Waals surface area (Å²) in [5.41, 5.74) is 0.968. The van der Waals surface area contributed by atoms with Gasteiger partial charge in [-0.05, 0) is 34.7 Å². The molecule has 1 heterocycles. The topological polar surface area (TPSA) is 55.2 Å². The van der Waals surface area contributed by atoms with Crippen molar-refractivity contribution >= 4 is 34.2 Å². The molecule has 1 N–H and O–H groups in total. The molecule has 0 saturated carbocycles. The first-order valence-electron chi connectivity index (χ1n) is 5.22. The fourth-order valence-electron chi connectivity index (χ4n) is 1.53. The highest BCUT2D eigenvalue weighted by Gasteiger charge is 2.13. The van der Waals surface area contributed by atoms with Gasteiger partial charge in [-0.3, -0.25) is 0 Å². The molecule has 100 valence electrons. The number of hydrogen-bond acceptors (Lipinski definition) is 4. The van der Waals surface area contributed by atoms with Crippen LogP contribution in [0.3, 0.4) is 0 Å². The van der Waals surface area contributed by atoms with Crippen molar-refractivity contribution in [3.05, 3.63) is 38.4 Å². The van der Waals surface area contributed by atoms with Crippen molar-refractivity contribution in [3.63, 3.8) is 0 Å². The smallest absolute Gasteiger partial charge is 0.161 e. The number of aromatic nitrogens is 2. The van der Waals surface area contributed by atoms with Crippen LogP contribution < -0.4 is 0 Å². The van der Waals surface area contributed by atoms with Gasteiger partial charge >= 0.3 is 0 Å².